The average molecular weight is 307 g/mol. The molecule has 0 unspecified atom stereocenters. The number of anilines is 1. The Morgan fingerprint density at radius 2 is 2.11 bits per heavy atom. The predicted molar refractivity (Wildman–Crippen MR) is 71.9 cm³/mol. The molecule has 0 spiro atoms. The summed E-state index contributed by atoms with van der Waals surface area (Å²) in [5, 5.41) is 0. The van der Waals surface area contributed by atoms with Gasteiger partial charge in [0.15, 0.2) is 0 Å². The molecule has 0 bridgehead atoms. The maximum atomic E-state index is 11.7. The lowest BCUT2D eigenvalue weighted by Gasteiger charge is -2.06. The molecule has 1 aromatic heterocycles. The summed E-state index contributed by atoms with van der Waals surface area (Å²) >= 11 is 3.39. The number of hydrogen-bond acceptors (Lipinski definition) is 4. The van der Waals surface area contributed by atoms with Gasteiger partial charge in [-0.15, -0.1) is 0 Å². The third-order valence-corrected chi connectivity index (χ3v) is 3.09. The molecule has 92 valence electrons. The highest BCUT2D eigenvalue weighted by Crippen LogP contribution is 2.17. The van der Waals surface area contributed by atoms with Crippen LogP contribution in [0.15, 0.2) is 47.2 Å². The molecule has 2 aromatic rings. The molecular formula is C13H11BrN2O2. The molecule has 0 aliphatic heterocycles. The number of benzene rings is 1. The first-order chi connectivity index (χ1) is 8.66. The Balaban J connectivity index is 2.03. The van der Waals surface area contributed by atoms with Gasteiger partial charge in [-0.05, 0) is 12.1 Å². The molecule has 0 aliphatic rings. The van der Waals surface area contributed by atoms with Crippen LogP contribution in [0.5, 0.6) is 0 Å². The van der Waals surface area contributed by atoms with Crippen LogP contribution in [0.3, 0.4) is 0 Å². The monoisotopic (exact) mass is 306 g/mol. The van der Waals surface area contributed by atoms with Crippen molar-refractivity contribution in [2.24, 2.45) is 0 Å². The molecule has 5 heteroatoms. The standard InChI is InChI=1S/C13H11BrN2O2/c14-12-4-2-1-3-9(12)8-18-13(17)10-5-11(15)7-16-6-10/h1-7H,8,15H2. The number of ether oxygens (including phenoxy) is 1. The van der Waals surface area contributed by atoms with Gasteiger partial charge in [-0.3, -0.25) is 4.98 Å². The summed E-state index contributed by atoms with van der Waals surface area (Å²) in [7, 11) is 0. The zero-order chi connectivity index (χ0) is 13.0. The smallest absolute Gasteiger partial charge is 0.340 e. The normalized spacial score (nSPS) is 10.1. The summed E-state index contributed by atoms with van der Waals surface area (Å²) in [5.74, 6) is -0.439. The number of nitrogens with two attached hydrogens (primary N) is 1. The van der Waals surface area contributed by atoms with E-state index in [4.69, 9.17) is 10.5 Å². The first kappa shape index (κ1) is 12.6. The first-order valence-electron chi connectivity index (χ1n) is 5.28. The lowest BCUT2D eigenvalue weighted by molar-refractivity contribution is 0.0471. The van der Waals surface area contributed by atoms with E-state index in [1.54, 1.807) is 0 Å². The summed E-state index contributed by atoms with van der Waals surface area (Å²) < 4.78 is 6.09. The fraction of sp³-hybridized carbons (Fsp3) is 0.0769. The van der Waals surface area contributed by atoms with Gasteiger partial charge >= 0.3 is 5.97 Å². The summed E-state index contributed by atoms with van der Waals surface area (Å²) in [6.45, 7) is 0.203. The Bertz CT molecular complexity index is 572. The predicted octanol–water partition coefficient (Wildman–Crippen LogP) is 2.78. The number of aromatic nitrogens is 1. The Morgan fingerprint density at radius 1 is 1.33 bits per heavy atom. The number of esters is 1. The van der Waals surface area contributed by atoms with E-state index in [1.807, 2.05) is 24.3 Å². The zero-order valence-corrected chi connectivity index (χ0v) is 11.1. The highest BCUT2D eigenvalue weighted by molar-refractivity contribution is 9.10. The third kappa shape index (κ3) is 3.07. The number of carbonyl (C=O) groups excluding carboxylic acids is 1. The van der Waals surface area contributed by atoms with Gasteiger partial charge < -0.3 is 10.5 Å². The highest BCUT2D eigenvalue weighted by atomic mass is 79.9. The van der Waals surface area contributed by atoms with Crippen molar-refractivity contribution in [2.75, 3.05) is 5.73 Å². The minimum Gasteiger partial charge on any atom is -0.457 e. The highest BCUT2D eigenvalue weighted by Gasteiger charge is 2.09. The van der Waals surface area contributed by atoms with Crippen LogP contribution < -0.4 is 5.73 Å². The van der Waals surface area contributed by atoms with E-state index in [-0.39, 0.29) is 6.61 Å². The molecule has 0 aliphatic carbocycles. The number of nitrogen functional groups attached to an aromatic ring is 1. The Labute approximate surface area is 113 Å². The van der Waals surface area contributed by atoms with Crippen LogP contribution in [-0.4, -0.2) is 11.0 Å². The fourth-order valence-electron chi connectivity index (χ4n) is 1.41. The van der Waals surface area contributed by atoms with Gasteiger partial charge in [0, 0.05) is 22.4 Å². The van der Waals surface area contributed by atoms with E-state index in [9.17, 15) is 4.79 Å². The third-order valence-electron chi connectivity index (χ3n) is 2.31. The largest absolute Gasteiger partial charge is 0.457 e. The number of halogens is 1. The van der Waals surface area contributed by atoms with Crippen molar-refractivity contribution >= 4 is 27.6 Å². The van der Waals surface area contributed by atoms with E-state index in [0.717, 1.165) is 10.0 Å². The molecule has 0 amide bonds. The van der Waals surface area contributed by atoms with Gasteiger partial charge in [-0.2, -0.15) is 0 Å². The van der Waals surface area contributed by atoms with Crippen LogP contribution in [0.25, 0.3) is 0 Å². The van der Waals surface area contributed by atoms with Crippen LogP contribution in [0.4, 0.5) is 5.69 Å². The molecule has 2 rings (SSSR count). The van der Waals surface area contributed by atoms with Crippen molar-refractivity contribution in [1.29, 1.82) is 0 Å². The van der Waals surface area contributed by atoms with Crippen LogP contribution in [0.2, 0.25) is 0 Å². The molecule has 4 nitrogen and oxygen atoms in total. The van der Waals surface area contributed by atoms with E-state index in [2.05, 4.69) is 20.9 Å². The van der Waals surface area contributed by atoms with E-state index >= 15 is 0 Å². The van der Waals surface area contributed by atoms with E-state index < -0.39 is 5.97 Å². The number of hydrogen-bond donors (Lipinski definition) is 1. The van der Waals surface area contributed by atoms with Gasteiger partial charge in [0.2, 0.25) is 0 Å². The summed E-state index contributed by atoms with van der Waals surface area (Å²) in [6.07, 6.45) is 2.91. The van der Waals surface area contributed by atoms with E-state index in [0.29, 0.717) is 11.3 Å². The van der Waals surface area contributed by atoms with Gasteiger partial charge in [-0.1, -0.05) is 34.1 Å². The van der Waals surface area contributed by atoms with Crippen molar-refractivity contribution in [3.63, 3.8) is 0 Å². The molecule has 1 aromatic carbocycles. The van der Waals surface area contributed by atoms with Crippen LogP contribution >= 0.6 is 15.9 Å². The van der Waals surface area contributed by atoms with Gasteiger partial charge in [-0.25, -0.2) is 4.79 Å². The zero-order valence-electron chi connectivity index (χ0n) is 9.47. The van der Waals surface area contributed by atoms with Crippen LogP contribution in [0, 0.1) is 0 Å². The van der Waals surface area contributed by atoms with Gasteiger partial charge in [0.25, 0.3) is 0 Å². The Hall–Kier alpha value is -1.88. The second-order valence-electron chi connectivity index (χ2n) is 3.67. The quantitative estimate of drug-likeness (QED) is 0.886. The Kier molecular flexibility index (Phi) is 3.94. The number of nitrogens with zero attached hydrogens (tertiary/aromatic N) is 1. The van der Waals surface area contributed by atoms with Crippen molar-refractivity contribution in [3.8, 4) is 0 Å². The fourth-order valence-corrected chi connectivity index (χ4v) is 1.81. The molecule has 18 heavy (non-hydrogen) atoms. The molecule has 0 saturated carbocycles. The Morgan fingerprint density at radius 3 is 2.83 bits per heavy atom. The van der Waals surface area contributed by atoms with E-state index in [1.165, 1.54) is 18.5 Å². The van der Waals surface area contributed by atoms with Crippen molar-refractivity contribution in [2.45, 2.75) is 6.61 Å². The molecular weight excluding hydrogens is 296 g/mol. The molecule has 0 atom stereocenters. The van der Waals surface area contributed by atoms with Gasteiger partial charge in [0.1, 0.15) is 6.61 Å². The number of carbonyl (C=O) groups is 1. The summed E-state index contributed by atoms with van der Waals surface area (Å²) in [6, 6.07) is 9.10. The van der Waals surface area contributed by atoms with Crippen molar-refractivity contribution < 1.29 is 9.53 Å². The average Bonchev–Trinajstić information content (AvgIpc) is 2.37. The number of pyridine rings is 1. The van der Waals surface area contributed by atoms with Crippen LogP contribution in [0.1, 0.15) is 15.9 Å². The van der Waals surface area contributed by atoms with Gasteiger partial charge in [0.05, 0.1) is 11.3 Å². The lowest BCUT2D eigenvalue weighted by Crippen LogP contribution is -2.06. The molecule has 2 N–H and O–H groups in total. The van der Waals surface area contributed by atoms with Crippen LogP contribution in [-0.2, 0) is 11.3 Å². The summed E-state index contributed by atoms with van der Waals surface area (Å²) in [5.41, 5.74) is 7.24. The van der Waals surface area contributed by atoms with Crippen molar-refractivity contribution in [1.82, 2.24) is 4.98 Å². The lowest BCUT2D eigenvalue weighted by atomic mass is 10.2. The maximum Gasteiger partial charge on any atom is 0.340 e. The minimum atomic E-state index is -0.439. The van der Waals surface area contributed by atoms with Crippen molar-refractivity contribution in [3.05, 3.63) is 58.3 Å². The molecule has 1 heterocycles. The second-order valence-corrected chi connectivity index (χ2v) is 4.53. The second kappa shape index (κ2) is 5.64. The first-order valence-corrected chi connectivity index (χ1v) is 6.07. The maximum absolute atomic E-state index is 11.7. The molecule has 0 saturated heterocycles. The summed E-state index contributed by atoms with van der Waals surface area (Å²) in [4.78, 5) is 15.6. The SMILES string of the molecule is Nc1cncc(C(=O)OCc2ccccc2Br)c1. The topological polar surface area (TPSA) is 65.2 Å². The number of rotatable bonds is 3. The molecule has 0 radical (unpaired) electrons. The minimum absolute atomic E-state index is 0.203. The molecule has 0 fully saturated rings.